The number of hydrogen-bond donors (Lipinski definition) is 1. The number of nitrogens with zero attached hydrogens (tertiary/aromatic N) is 1. The van der Waals surface area contributed by atoms with Gasteiger partial charge in [-0.15, -0.1) is 0 Å². The topological polar surface area (TPSA) is 77.4 Å². The van der Waals surface area contributed by atoms with E-state index < -0.39 is 5.92 Å². The first-order valence-electron chi connectivity index (χ1n) is 9.72. The van der Waals surface area contributed by atoms with Crippen LogP contribution in [0.15, 0.2) is 66.7 Å². The first-order valence-corrected chi connectivity index (χ1v) is 10.1. The number of aromatic amines is 1. The Kier molecular flexibility index (Phi) is 5.82. The zero-order valence-electron chi connectivity index (χ0n) is 17.1. The van der Waals surface area contributed by atoms with E-state index in [1.54, 1.807) is 26.4 Å². The van der Waals surface area contributed by atoms with Crippen LogP contribution in [0.4, 0.5) is 0 Å². The molecule has 0 radical (unpaired) electrons. The normalized spacial score (nSPS) is 12.0. The van der Waals surface area contributed by atoms with Crippen LogP contribution < -0.4 is 9.47 Å². The van der Waals surface area contributed by atoms with E-state index in [9.17, 15) is 10.1 Å². The molecule has 7 heteroatoms. The molecule has 0 fully saturated rings. The molecule has 31 heavy (non-hydrogen) atoms. The summed E-state index contributed by atoms with van der Waals surface area (Å²) in [6, 6.07) is 20.7. The van der Waals surface area contributed by atoms with Gasteiger partial charge in [-0.05, 0) is 47.0 Å². The molecule has 3 aromatic carbocycles. The highest BCUT2D eigenvalue weighted by atomic mass is 35.5. The van der Waals surface area contributed by atoms with E-state index in [-0.39, 0.29) is 11.5 Å². The molecule has 4 aromatic rings. The summed E-state index contributed by atoms with van der Waals surface area (Å²) < 4.78 is 10.8. The second-order valence-corrected chi connectivity index (χ2v) is 7.58. The average Bonchev–Trinajstić information content (AvgIpc) is 3.16. The Morgan fingerprint density at radius 3 is 2.39 bits per heavy atom. The van der Waals surface area contributed by atoms with Crippen LogP contribution in [-0.2, 0) is 0 Å². The van der Waals surface area contributed by atoms with Gasteiger partial charge in [0.25, 0.3) is 0 Å². The first kappa shape index (κ1) is 20.8. The van der Waals surface area contributed by atoms with Crippen LogP contribution in [0.2, 0.25) is 5.02 Å². The largest absolute Gasteiger partial charge is 0.493 e. The molecule has 1 atom stereocenters. The number of aromatic nitrogens is 1. The van der Waals surface area contributed by atoms with E-state index in [0.717, 1.165) is 33.3 Å². The lowest BCUT2D eigenvalue weighted by atomic mass is 9.87. The smallest absolute Gasteiger partial charge is 0.214 e. The predicted molar refractivity (Wildman–Crippen MR) is 122 cm³/mol. The number of methoxy groups -OCH3 is 2. The summed E-state index contributed by atoms with van der Waals surface area (Å²) in [6.45, 7) is -0.266. The van der Waals surface area contributed by atoms with Gasteiger partial charge in [-0.1, -0.05) is 48.0 Å². The molecule has 4 rings (SSSR count). The van der Waals surface area contributed by atoms with Gasteiger partial charge < -0.3 is 14.5 Å². The summed E-state index contributed by atoms with van der Waals surface area (Å²) in [4.78, 5) is 14.9. The van der Waals surface area contributed by atoms with Crippen LogP contribution in [0.25, 0.3) is 22.2 Å². The molecule has 0 saturated heterocycles. The van der Waals surface area contributed by atoms with Gasteiger partial charge in [-0.2, -0.15) is 0 Å². The van der Waals surface area contributed by atoms with Crippen molar-refractivity contribution in [1.29, 1.82) is 0 Å². The van der Waals surface area contributed by atoms with Crippen molar-refractivity contribution in [1.82, 2.24) is 4.98 Å². The number of para-hydroxylation sites is 1. The van der Waals surface area contributed by atoms with E-state index in [4.69, 9.17) is 21.1 Å². The second kappa shape index (κ2) is 8.70. The van der Waals surface area contributed by atoms with Gasteiger partial charge in [0.05, 0.1) is 25.8 Å². The molecule has 6 nitrogen and oxygen atoms in total. The number of benzene rings is 3. The predicted octanol–water partition coefficient (Wildman–Crippen LogP) is 5.91. The van der Waals surface area contributed by atoms with E-state index in [2.05, 4.69) is 4.98 Å². The van der Waals surface area contributed by atoms with Crippen molar-refractivity contribution in [3.63, 3.8) is 0 Å². The standard InChI is InChI=1S/C24H21ClN2O4/c1-30-21-12-9-16(13-22(21)31-2)19(14-27(28)29)23-18-5-3-4-6-20(18)26-24(23)15-7-10-17(25)11-8-15/h3-13,19,26H,14H2,1-2H3. The zero-order valence-corrected chi connectivity index (χ0v) is 17.8. The van der Waals surface area contributed by atoms with Gasteiger partial charge >= 0.3 is 0 Å². The van der Waals surface area contributed by atoms with Gasteiger partial charge in [-0.25, -0.2) is 0 Å². The molecular weight excluding hydrogens is 416 g/mol. The lowest BCUT2D eigenvalue weighted by molar-refractivity contribution is -0.481. The Labute approximate surface area is 184 Å². The molecule has 0 amide bonds. The minimum Gasteiger partial charge on any atom is -0.493 e. The molecule has 0 aliphatic heterocycles. The Bertz CT molecular complexity index is 1230. The molecule has 1 heterocycles. The fraction of sp³-hybridized carbons (Fsp3) is 0.167. The van der Waals surface area contributed by atoms with Gasteiger partial charge in [0.15, 0.2) is 11.5 Å². The number of halogens is 1. The highest BCUT2D eigenvalue weighted by Crippen LogP contribution is 2.41. The van der Waals surface area contributed by atoms with E-state index in [1.807, 2.05) is 54.6 Å². The minimum absolute atomic E-state index is 0.266. The monoisotopic (exact) mass is 436 g/mol. The van der Waals surface area contributed by atoms with Gasteiger partial charge in [0, 0.05) is 20.8 Å². The molecule has 1 N–H and O–H groups in total. The molecule has 0 aliphatic carbocycles. The Hall–Kier alpha value is -3.51. The van der Waals surface area contributed by atoms with Gasteiger partial charge in [0.1, 0.15) is 0 Å². The fourth-order valence-electron chi connectivity index (χ4n) is 3.95. The van der Waals surface area contributed by atoms with Crippen molar-refractivity contribution in [2.45, 2.75) is 5.92 Å². The number of nitrogens with one attached hydrogen (secondary N) is 1. The molecular formula is C24H21ClN2O4. The Balaban J connectivity index is 1.97. The van der Waals surface area contributed by atoms with Gasteiger partial charge in [-0.3, -0.25) is 10.1 Å². The highest BCUT2D eigenvalue weighted by Gasteiger charge is 2.28. The Morgan fingerprint density at radius 1 is 1.00 bits per heavy atom. The van der Waals surface area contributed by atoms with Crippen LogP contribution in [0.5, 0.6) is 11.5 Å². The zero-order chi connectivity index (χ0) is 22.0. The van der Waals surface area contributed by atoms with E-state index in [0.29, 0.717) is 16.5 Å². The summed E-state index contributed by atoms with van der Waals surface area (Å²) in [5.41, 5.74) is 4.29. The summed E-state index contributed by atoms with van der Waals surface area (Å²) in [5.74, 6) is 0.598. The number of ether oxygens (including phenoxy) is 2. The van der Waals surface area contributed by atoms with Gasteiger partial charge in [0.2, 0.25) is 6.54 Å². The van der Waals surface area contributed by atoms with E-state index >= 15 is 0 Å². The van der Waals surface area contributed by atoms with Crippen molar-refractivity contribution < 1.29 is 14.4 Å². The van der Waals surface area contributed by atoms with Crippen molar-refractivity contribution in [3.8, 4) is 22.8 Å². The number of fused-ring (bicyclic) bond motifs is 1. The third kappa shape index (κ3) is 4.07. The van der Waals surface area contributed by atoms with Crippen molar-refractivity contribution in [2.75, 3.05) is 20.8 Å². The maximum atomic E-state index is 11.7. The third-order valence-corrected chi connectivity index (χ3v) is 5.62. The number of rotatable bonds is 7. The average molecular weight is 437 g/mol. The highest BCUT2D eigenvalue weighted by molar-refractivity contribution is 6.30. The van der Waals surface area contributed by atoms with Crippen LogP contribution in [-0.4, -0.2) is 30.7 Å². The van der Waals surface area contributed by atoms with Crippen molar-refractivity contribution in [2.24, 2.45) is 0 Å². The van der Waals surface area contributed by atoms with Crippen LogP contribution >= 0.6 is 11.6 Å². The van der Waals surface area contributed by atoms with E-state index in [1.165, 1.54) is 0 Å². The van der Waals surface area contributed by atoms with Crippen molar-refractivity contribution >= 4 is 22.5 Å². The minimum atomic E-state index is -0.503. The number of hydrogen-bond acceptors (Lipinski definition) is 4. The number of H-pyrrole nitrogens is 1. The molecule has 1 aromatic heterocycles. The maximum absolute atomic E-state index is 11.7. The molecule has 0 bridgehead atoms. The molecule has 1 unspecified atom stereocenters. The fourth-order valence-corrected chi connectivity index (χ4v) is 4.08. The quantitative estimate of drug-likeness (QED) is 0.288. The molecule has 0 aliphatic rings. The Morgan fingerprint density at radius 2 is 1.71 bits per heavy atom. The summed E-state index contributed by atoms with van der Waals surface area (Å²) in [5, 5.41) is 13.3. The SMILES string of the molecule is COc1ccc(C(C[N+](=O)[O-])c2c(-c3ccc(Cl)cc3)[nH]c3ccccc23)cc1OC. The second-order valence-electron chi connectivity index (χ2n) is 7.15. The van der Waals surface area contributed by atoms with Crippen LogP contribution in [0.1, 0.15) is 17.0 Å². The maximum Gasteiger partial charge on any atom is 0.214 e. The van der Waals surface area contributed by atoms with Crippen molar-refractivity contribution in [3.05, 3.63) is 93.0 Å². The lowest BCUT2D eigenvalue weighted by Gasteiger charge is -2.18. The summed E-state index contributed by atoms with van der Waals surface area (Å²) in [6.07, 6.45) is 0. The molecule has 0 spiro atoms. The first-order chi connectivity index (χ1) is 15.0. The lowest BCUT2D eigenvalue weighted by Crippen LogP contribution is -2.15. The van der Waals surface area contributed by atoms with Crippen LogP contribution in [0, 0.1) is 10.1 Å². The summed E-state index contributed by atoms with van der Waals surface area (Å²) in [7, 11) is 3.11. The molecule has 158 valence electrons. The van der Waals surface area contributed by atoms with Crippen LogP contribution in [0.3, 0.4) is 0 Å². The third-order valence-electron chi connectivity index (χ3n) is 5.37. The number of nitro groups is 1. The summed E-state index contributed by atoms with van der Waals surface area (Å²) >= 11 is 6.08. The molecule has 0 saturated carbocycles.